The maximum absolute atomic E-state index is 13.1. The zero-order valence-corrected chi connectivity index (χ0v) is 17.7. The summed E-state index contributed by atoms with van der Waals surface area (Å²) in [5.41, 5.74) is 0.440. The predicted octanol–water partition coefficient (Wildman–Crippen LogP) is 4.28. The lowest BCUT2D eigenvalue weighted by molar-refractivity contribution is -0.159. The number of hydrogen-bond acceptors (Lipinski definition) is 5. The summed E-state index contributed by atoms with van der Waals surface area (Å²) in [5.74, 6) is -2.13. The number of carbonyl (C=O) groups excluding carboxylic acids is 2. The molecule has 2 N–H and O–H groups in total. The molecule has 0 spiro atoms. The van der Waals surface area contributed by atoms with Crippen LogP contribution in [0.15, 0.2) is 35.5 Å². The van der Waals surface area contributed by atoms with Crippen LogP contribution in [0.25, 0.3) is 17.6 Å². The maximum Gasteiger partial charge on any atom is 0.416 e. The third-order valence-corrected chi connectivity index (χ3v) is 5.64. The van der Waals surface area contributed by atoms with Crippen LogP contribution >= 0.6 is 10.2 Å². The molecule has 1 saturated heterocycles. The average Bonchev–Trinajstić information content (AvgIpc) is 3.15. The molecule has 2 aromatic rings. The highest BCUT2D eigenvalue weighted by Crippen LogP contribution is 3.02. The molecule has 0 radical (unpaired) electrons. The molecular formula is C17H15F8N5O3S. The molecule has 8 nitrogen and oxygen atoms in total. The van der Waals surface area contributed by atoms with Gasteiger partial charge in [-0.15, -0.1) is 5.10 Å². The van der Waals surface area contributed by atoms with Crippen molar-refractivity contribution in [3.05, 3.63) is 36.2 Å². The minimum absolute atomic E-state index is 0.158. The van der Waals surface area contributed by atoms with Gasteiger partial charge in [0.25, 0.3) is 5.91 Å². The van der Waals surface area contributed by atoms with E-state index in [2.05, 4.69) is 20.9 Å². The van der Waals surface area contributed by atoms with Gasteiger partial charge in [0.2, 0.25) is 5.91 Å². The van der Waals surface area contributed by atoms with Crippen LogP contribution in [0.2, 0.25) is 0 Å². The van der Waals surface area contributed by atoms with E-state index in [4.69, 9.17) is 4.74 Å². The number of benzene rings is 1. The van der Waals surface area contributed by atoms with Crippen LogP contribution in [0.1, 0.15) is 12.5 Å². The van der Waals surface area contributed by atoms with Gasteiger partial charge in [0.05, 0.1) is 24.2 Å². The van der Waals surface area contributed by atoms with Gasteiger partial charge in [-0.3, -0.25) is 20.4 Å². The first-order valence-electron chi connectivity index (χ1n) is 9.01. The molecule has 1 aliphatic rings. The van der Waals surface area contributed by atoms with Crippen LogP contribution in [0, 0.1) is 5.41 Å². The first-order chi connectivity index (χ1) is 15.3. The van der Waals surface area contributed by atoms with Crippen LogP contribution in [0.3, 0.4) is 0 Å². The first-order valence-corrected chi connectivity index (χ1v) is 11.0. The summed E-state index contributed by atoms with van der Waals surface area (Å²) in [4.78, 5) is 24.4. The molecule has 3 rings (SSSR count). The van der Waals surface area contributed by atoms with Crippen molar-refractivity contribution in [3.63, 3.8) is 0 Å². The first kappa shape index (κ1) is 25.4. The quantitative estimate of drug-likeness (QED) is 0.348. The molecule has 17 heteroatoms. The normalized spacial score (nSPS) is 18.0. The van der Waals surface area contributed by atoms with Gasteiger partial charge in [-0.2, -0.15) is 13.2 Å². The molecule has 0 bridgehead atoms. The molecular weight excluding hydrogens is 506 g/mol. The van der Waals surface area contributed by atoms with Crippen LogP contribution in [0.5, 0.6) is 0 Å². The van der Waals surface area contributed by atoms with Crippen LogP contribution < -0.4 is 10.9 Å². The number of ether oxygens (including phenoxy) is 1. The summed E-state index contributed by atoms with van der Waals surface area (Å²) in [5, 5.41) is 3.57. The second-order valence-electron chi connectivity index (χ2n) is 7.57. The number of halogens is 8. The molecule has 0 aliphatic carbocycles. The van der Waals surface area contributed by atoms with Gasteiger partial charge in [0, 0.05) is 17.8 Å². The number of hydrazine groups is 1. The van der Waals surface area contributed by atoms with E-state index in [0.29, 0.717) is 0 Å². The van der Waals surface area contributed by atoms with Crippen molar-refractivity contribution in [2.75, 3.05) is 13.2 Å². The van der Waals surface area contributed by atoms with E-state index in [1.807, 2.05) is 0 Å². The SMILES string of the molecule is CC1(C(=O)NNC(=O)/C=C\n2cnc(-c3cc(C(F)(F)F)cc(S(F)(F)(F)(F)F)c3)n2)COC1. The van der Waals surface area contributed by atoms with Crippen molar-refractivity contribution < 1.29 is 46.9 Å². The van der Waals surface area contributed by atoms with E-state index in [0.717, 1.165) is 23.3 Å². The highest BCUT2D eigenvalue weighted by molar-refractivity contribution is 8.45. The lowest BCUT2D eigenvalue weighted by Gasteiger charge is -2.40. The summed E-state index contributed by atoms with van der Waals surface area (Å²) < 4.78 is 110. The number of carbonyl (C=O) groups is 2. The number of aromatic nitrogens is 3. The van der Waals surface area contributed by atoms with Gasteiger partial charge < -0.3 is 4.74 Å². The Balaban J connectivity index is 1.80. The highest BCUT2D eigenvalue weighted by Gasteiger charge is 2.66. The van der Waals surface area contributed by atoms with E-state index in [-0.39, 0.29) is 25.3 Å². The number of hydrogen-bond donors (Lipinski definition) is 2. The number of nitrogens with one attached hydrogen (secondary N) is 2. The Bertz CT molecular complexity index is 1170. The summed E-state index contributed by atoms with van der Waals surface area (Å²) in [6, 6.07) is -0.687. The van der Waals surface area contributed by atoms with Gasteiger partial charge in [-0.05, 0) is 25.1 Å². The third-order valence-electron chi connectivity index (χ3n) is 4.51. The smallest absolute Gasteiger partial charge is 0.379 e. The van der Waals surface area contributed by atoms with Gasteiger partial charge in [-0.25, -0.2) is 9.67 Å². The second-order valence-corrected chi connectivity index (χ2v) is 9.98. The molecule has 1 aliphatic heterocycles. The minimum atomic E-state index is -10.5. The summed E-state index contributed by atoms with van der Waals surface area (Å²) in [7, 11) is -10.5. The zero-order chi connectivity index (χ0) is 25.6. The lowest BCUT2D eigenvalue weighted by atomic mass is 9.88. The van der Waals surface area contributed by atoms with Gasteiger partial charge in [0.15, 0.2) is 5.82 Å². The van der Waals surface area contributed by atoms with Gasteiger partial charge in [-0.1, -0.05) is 19.4 Å². The van der Waals surface area contributed by atoms with Crippen molar-refractivity contribution in [1.29, 1.82) is 0 Å². The van der Waals surface area contributed by atoms with Gasteiger partial charge in [0.1, 0.15) is 11.2 Å². The Morgan fingerprint density at radius 2 is 1.76 bits per heavy atom. The topological polar surface area (TPSA) is 98.1 Å². The fourth-order valence-electron chi connectivity index (χ4n) is 2.59. The van der Waals surface area contributed by atoms with Crippen molar-refractivity contribution >= 4 is 28.2 Å². The third kappa shape index (κ3) is 5.82. The van der Waals surface area contributed by atoms with Crippen LogP contribution in [-0.2, 0) is 20.5 Å². The Kier molecular flexibility index (Phi) is 5.53. The maximum atomic E-state index is 13.1. The molecule has 1 aromatic heterocycles. The second kappa shape index (κ2) is 7.39. The van der Waals surface area contributed by atoms with Crippen molar-refractivity contribution in [3.8, 4) is 11.4 Å². The molecule has 0 unspecified atom stereocenters. The molecule has 1 aromatic carbocycles. The summed E-state index contributed by atoms with van der Waals surface area (Å²) >= 11 is 0. The molecule has 2 amide bonds. The van der Waals surface area contributed by atoms with E-state index < -0.39 is 61.5 Å². The zero-order valence-electron chi connectivity index (χ0n) is 16.9. The monoisotopic (exact) mass is 521 g/mol. The fraction of sp³-hybridized carbons (Fsp3) is 0.294. The number of nitrogens with zero attached hydrogens (tertiary/aromatic N) is 3. The standard InChI is InChI=1S/C17H15F8N5O3S/c1-16(7-33-8-16)15(32)28-27-13(31)2-3-30-9-26-14(29-30)10-4-11(17(18,19)20)6-12(5-10)34(21,22,23,24)25/h2-6,9H,7-8H2,1H3,(H,27,31)(H,28,32)/b3-2-. The van der Waals surface area contributed by atoms with Crippen molar-refractivity contribution in [2.24, 2.45) is 5.41 Å². The number of rotatable bonds is 5. The summed E-state index contributed by atoms with van der Waals surface area (Å²) in [6.45, 7) is 1.91. The fourth-order valence-corrected chi connectivity index (χ4v) is 3.29. The Morgan fingerprint density at radius 3 is 2.29 bits per heavy atom. The number of alkyl halides is 3. The lowest BCUT2D eigenvalue weighted by Crippen LogP contribution is -2.56. The Labute approximate surface area is 185 Å². The molecule has 1 fully saturated rings. The average molecular weight is 521 g/mol. The Hall–Kier alpha value is -3.21. The van der Waals surface area contributed by atoms with Crippen LogP contribution in [0.4, 0.5) is 32.6 Å². The van der Waals surface area contributed by atoms with E-state index in [9.17, 15) is 42.2 Å². The van der Waals surface area contributed by atoms with E-state index in [1.165, 1.54) is 0 Å². The molecule has 34 heavy (non-hydrogen) atoms. The Morgan fingerprint density at radius 1 is 1.12 bits per heavy atom. The molecule has 188 valence electrons. The number of amides is 2. The van der Waals surface area contributed by atoms with Crippen LogP contribution in [-0.4, -0.2) is 39.8 Å². The van der Waals surface area contributed by atoms with Gasteiger partial charge >= 0.3 is 16.4 Å². The van der Waals surface area contributed by atoms with Crippen molar-refractivity contribution in [2.45, 2.75) is 18.0 Å². The van der Waals surface area contributed by atoms with Crippen molar-refractivity contribution in [1.82, 2.24) is 25.6 Å². The highest BCUT2D eigenvalue weighted by atomic mass is 32.5. The molecule has 2 heterocycles. The largest absolute Gasteiger partial charge is 0.416 e. The molecule has 0 saturated carbocycles. The predicted molar refractivity (Wildman–Crippen MR) is 102 cm³/mol. The summed E-state index contributed by atoms with van der Waals surface area (Å²) in [6.07, 6.45) is -2.83. The minimum Gasteiger partial charge on any atom is -0.379 e. The van der Waals surface area contributed by atoms with E-state index >= 15 is 0 Å². The van der Waals surface area contributed by atoms with E-state index in [1.54, 1.807) is 6.92 Å². The molecule has 0 atom stereocenters.